The van der Waals surface area contributed by atoms with Crippen LogP contribution in [0.25, 0.3) is 0 Å². The number of ether oxygens (including phenoxy) is 2. The number of nitrogens with one attached hydrogen (secondary N) is 2. The summed E-state index contributed by atoms with van der Waals surface area (Å²) in [6, 6.07) is 4.58. The predicted molar refractivity (Wildman–Crippen MR) is 120 cm³/mol. The van der Waals surface area contributed by atoms with Crippen LogP contribution in [0.2, 0.25) is 0 Å². The van der Waals surface area contributed by atoms with Gasteiger partial charge in [0.2, 0.25) is 5.91 Å². The monoisotopic (exact) mass is 519 g/mol. The maximum atomic E-state index is 14.8. The number of aromatic nitrogens is 3. The number of carbonyl (C=O) groups excluding carboxylic acids is 2. The van der Waals surface area contributed by atoms with Crippen molar-refractivity contribution in [1.29, 1.82) is 0 Å². The first kappa shape index (κ1) is 25.8. The van der Waals surface area contributed by atoms with E-state index in [1.165, 1.54) is 38.6 Å². The second kappa shape index (κ2) is 9.99. The molecule has 1 aliphatic carbocycles. The van der Waals surface area contributed by atoms with E-state index in [-0.39, 0.29) is 23.0 Å². The molecule has 37 heavy (non-hydrogen) atoms. The lowest BCUT2D eigenvalue weighted by Crippen LogP contribution is -2.49. The predicted octanol–water partition coefficient (Wildman–Crippen LogP) is 3.97. The van der Waals surface area contributed by atoms with Gasteiger partial charge in [-0.2, -0.15) is 13.2 Å². The molecule has 1 aromatic carbocycles. The van der Waals surface area contributed by atoms with Crippen LogP contribution < -0.4 is 20.1 Å². The number of hydrogen-bond donors (Lipinski definition) is 2. The first-order valence-electron chi connectivity index (χ1n) is 11.0. The first-order valence-corrected chi connectivity index (χ1v) is 11.0. The molecule has 2 N–H and O–H groups in total. The number of benzene rings is 1. The molecular weight excluding hydrogens is 498 g/mol. The zero-order chi connectivity index (χ0) is 26.8. The summed E-state index contributed by atoms with van der Waals surface area (Å²) in [6.07, 6.45) is -0.338. The van der Waals surface area contributed by atoms with Gasteiger partial charge in [0.15, 0.2) is 5.82 Å². The summed E-state index contributed by atoms with van der Waals surface area (Å²) in [7, 11) is 1.38. The summed E-state index contributed by atoms with van der Waals surface area (Å²) in [6.45, 7) is 1.48. The van der Waals surface area contributed by atoms with Crippen LogP contribution in [0.3, 0.4) is 0 Å². The molecule has 3 aromatic rings. The molecule has 1 unspecified atom stereocenters. The lowest BCUT2D eigenvalue weighted by molar-refractivity contribution is -0.138. The van der Waals surface area contributed by atoms with E-state index < -0.39 is 46.7 Å². The number of carbonyl (C=O) groups is 2. The van der Waals surface area contributed by atoms with E-state index in [2.05, 4.69) is 25.6 Å². The SMILES string of the molecule is COc1ncc(C(=O)NC2(C(=O)NC(C)c3ncc(Oc4ccccc4C(F)(F)F)cc3F)CC2)cn1. The zero-order valence-corrected chi connectivity index (χ0v) is 19.6. The number of nitrogens with zero attached hydrogens (tertiary/aromatic N) is 3. The minimum atomic E-state index is -4.66. The van der Waals surface area contributed by atoms with Gasteiger partial charge in [0.25, 0.3) is 5.91 Å². The van der Waals surface area contributed by atoms with Crippen molar-refractivity contribution in [3.63, 3.8) is 0 Å². The number of alkyl halides is 3. The highest BCUT2D eigenvalue weighted by molar-refractivity contribution is 6.00. The molecule has 2 heterocycles. The smallest absolute Gasteiger partial charge is 0.419 e. The highest BCUT2D eigenvalue weighted by atomic mass is 19.4. The quantitative estimate of drug-likeness (QED) is 0.433. The molecule has 13 heteroatoms. The van der Waals surface area contributed by atoms with Gasteiger partial charge >= 0.3 is 12.2 Å². The fraction of sp³-hybridized carbons (Fsp3) is 0.292. The fourth-order valence-corrected chi connectivity index (χ4v) is 3.49. The van der Waals surface area contributed by atoms with Gasteiger partial charge < -0.3 is 20.1 Å². The summed E-state index contributed by atoms with van der Waals surface area (Å²) in [4.78, 5) is 37.0. The molecule has 1 atom stereocenters. The molecule has 4 rings (SSSR count). The fourth-order valence-electron chi connectivity index (χ4n) is 3.49. The highest BCUT2D eigenvalue weighted by Crippen LogP contribution is 2.39. The average molecular weight is 519 g/mol. The minimum Gasteiger partial charge on any atom is -0.467 e. The molecule has 0 saturated heterocycles. The van der Waals surface area contributed by atoms with Crippen molar-refractivity contribution < 1.29 is 36.6 Å². The summed E-state index contributed by atoms with van der Waals surface area (Å²) in [5.74, 6) is -2.74. The molecule has 1 fully saturated rings. The Kier molecular flexibility index (Phi) is 6.96. The van der Waals surface area contributed by atoms with E-state index in [1.54, 1.807) is 0 Å². The van der Waals surface area contributed by atoms with Crippen LogP contribution in [0.4, 0.5) is 17.6 Å². The van der Waals surface area contributed by atoms with Gasteiger partial charge in [-0.05, 0) is 31.9 Å². The molecule has 1 aliphatic rings. The number of amides is 2. The molecular formula is C24H21F4N5O4. The Morgan fingerprint density at radius 1 is 1.08 bits per heavy atom. The third-order valence-corrected chi connectivity index (χ3v) is 5.63. The maximum absolute atomic E-state index is 14.8. The van der Waals surface area contributed by atoms with E-state index in [0.29, 0.717) is 12.8 Å². The molecule has 0 aliphatic heterocycles. The lowest BCUT2D eigenvalue weighted by Gasteiger charge is -2.21. The summed E-state index contributed by atoms with van der Waals surface area (Å²) >= 11 is 0. The van der Waals surface area contributed by atoms with Crippen LogP contribution >= 0.6 is 0 Å². The topological polar surface area (TPSA) is 115 Å². The van der Waals surface area contributed by atoms with Gasteiger partial charge in [-0.25, -0.2) is 14.4 Å². The Morgan fingerprint density at radius 2 is 1.76 bits per heavy atom. The van der Waals surface area contributed by atoms with Crippen LogP contribution in [0.1, 0.15) is 47.4 Å². The Bertz CT molecular complexity index is 1310. The number of pyridine rings is 1. The number of halogens is 4. The van der Waals surface area contributed by atoms with Crippen molar-refractivity contribution in [3.05, 3.63) is 71.6 Å². The molecule has 2 aromatic heterocycles. The van der Waals surface area contributed by atoms with Gasteiger partial charge in [0.1, 0.15) is 17.0 Å². The van der Waals surface area contributed by atoms with Gasteiger partial charge in [0, 0.05) is 18.5 Å². The van der Waals surface area contributed by atoms with Crippen molar-refractivity contribution in [2.45, 2.75) is 37.5 Å². The molecule has 0 radical (unpaired) electrons. The Morgan fingerprint density at radius 3 is 2.35 bits per heavy atom. The van der Waals surface area contributed by atoms with E-state index in [0.717, 1.165) is 24.4 Å². The van der Waals surface area contributed by atoms with Crippen LogP contribution in [-0.2, 0) is 11.0 Å². The van der Waals surface area contributed by atoms with Crippen molar-refractivity contribution in [1.82, 2.24) is 25.6 Å². The number of methoxy groups -OCH3 is 1. The summed E-state index contributed by atoms with van der Waals surface area (Å²) < 4.78 is 64.4. The molecule has 1 saturated carbocycles. The van der Waals surface area contributed by atoms with Gasteiger partial charge in [-0.15, -0.1) is 0 Å². The third kappa shape index (κ3) is 5.76. The number of para-hydroxylation sites is 1. The summed E-state index contributed by atoms with van der Waals surface area (Å²) in [5, 5.41) is 5.26. The van der Waals surface area contributed by atoms with Crippen LogP contribution in [-0.4, -0.2) is 39.4 Å². The Labute approximate surface area is 208 Å². The van der Waals surface area contributed by atoms with E-state index in [4.69, 9.17) is 9.47 Å². The maximum Gasteiger partial charge on any atom is 0.419 e. The van der Waals surface area contributed by atoms with Gasteiger partial charge in [-0.1, -0.05) is 12.1 Å². The molecule has 0 spiro atoms. The number of hydrogen-bond acceptors (Lipinski definition) is 7. The second-order valence-electron chi connectivity index (χ2n) is 8.32. The normalized spacial score (nSPS) is 14.9. The second-order valence-corrected chi connectivity index (χ2v) is 8.32. The minimum absolute atomic E-state index is 0.0831. The van der Waals surface area contributed by atoms with Crippen molar-refractivity contribution in [2.24, 2.45) is 0 Å². The molecule has 2 amide bonds. The zero-order valence-electron chi connectivity index (χ0n) is 19.6. The molecule has 194 valence electrons. The first-order chi connectivity index (χ1) is 17.5. The van der Waals surface area contributed by atoms with Crippen LogP contribution in [0, 0.1) is 5.82 Å². The highest BCUT2D eigenvalue weighted by Gasteiger charge is 2.51. The Balaban J connectivity index is 1.41. The summed E-state index contributed by atoms with van der Waals surface area (Å²) in [5.41, 5.74) is -2.22. The van der Waals surface area contributed by atoms with Crippen LogP contribution in [0.15, 0.2) is 48.9 Å². The van der Waals surface area contributed by atoms with Gasteiger partial charge in [-0.3, -0.25) is 14.6 Å². The Hall–Kier alpha value is -4.29. The van der Waals surface area contributed by atoms with Crippen molar-refractivity contribution >= 4 is 11.8 Å². The van der Waals surface area contributed by atoms with E-state index in [9.17, 15) is 27.2 Å². The van der Waals surface area contributed by atoms with E-state index >= 15 is 0 Å². The lowest BCUT2D eigenvalue weighted by atomic mass is 10.1. The molecule has 0 bridgehead atoms. The third-order valence-electron chi connectivity index (χ3n) is 5.63. The number of rotatable bonds is 8. The standard InChI is InChI=1S/C24H21F4N5O4/c1-13(32-21(35)23(7-8-23)33-20(34)14-10-30-22(36-2)31-11-14)19-17(25)9-15(12-29-19)37-18-6-4-3-5-16(18)24(26,27)28/h3-6,9-13H,7-8H2,1-2H3,(H,32,35)(H,33,34). The van der Waals surface area contributed by atoms with Gasteiger partial charge in [0.05, 0.1) is 36.2 Å². The van der Waals surface area contributed by atoms with E-state index in [1.807, 2.05) is 0 Å². The average Bonchev–Trinajstić information content (AvgIpc) is 3.64. The molecule has 9 nitrogen and oxygen atoms in total. The van der Waals surface area contributed by atoms with Crippen molar-refractivity contribution in [3.8, 4) is 17.5 Å². The van der Waals surface area contributed by atoms with Crippen LogP contribution in [0.5, 0.6) is 17.5 Å². The van der Waals surface area contributed by atoms with Crippen molar-refractivity contribution in [2.75, 3.05) is 7.11 Å². The largest absolute Gasteiger partial charge is 0.467 e.